The number of carbonyl (C=O) groups excluding carboxylic acids is 1. The SMILES string of the molecule is N#C[C@H]1CC[C@H]1C(=O)NN. The summed E-state index contributed by atoms with van der Waals surface area (Å²) in [5.41, 5.74) is 2.04. The maximum Gasteiger partial charge on any atom is 0.238 e. The van der Waals surface area contributed by atoms with Crippen LogP contribution in [0.1, 0.15) is 12.8 Å². The van der Waals surface area contributed by atoms with Crippen molar-refractivity contribution >= 4 is 5.91 Å². The van der Waals surface area contributed by atoms with Crippen molar-refractivity contribution in [1.29, 1.82) is 5.26 Å². The summed E-state index contributed by atoms with van der Waals surface area (Å²) in [5.74, 6) is 4.41. The number of nitrogens with one attached hydrogen (secondary N) is 1. The lowest BCUT2D eigenvalue weighted by atomic mass is 9.74. The van der Waals surface area contributed by atoms with E-state index in [2.05, 4.69) is 6.07 Å². The molecule has 0 aromatic rings. The molecule has 4 heteroatoms. The molecular weight excluding hydrogens is 130 g/mol. The van der Waals surface area contributed by atoms with Gasteiger partial charge in [0.05, 0.1) is 17.9 Å². The first-order chi connectivity index (χ1) is 4.79. The van der Waals surface area contributed by atoms with Crippen LogP contribution in [0.2, 0.25) is 0 Å². The lowest BCUT2D eigenvalue weighted by molar-refractivity contribution is -0.129. The van der Waals surface area contributed by atoms with Crippen LogP contribution in [0.25, 0.3) is 0 Å². The highest BCUT2D eigenvalue weighted by molar-refractivity contribution is 5.79. The van der Waals surface area contributed by atoms with E-state index in [9.17, 15) is 4.79 Å². The van der Waals surface area contributed by atoms with E-state index >= 15 is 0 Å². The Morgan fingerprint density at radius 2 is 2.40 bits per heavy atom. The second-order valence-electron chi connectivity index (χ2n) is 2.43. The Bertz CT molecular complexity index is 184. The number of nitriles is 1. The summed E-state index contributed by atoms with van der Waals surface area (Å²) in [6.07, 6.45) is 1.62. The van der Waals surface area contributed by atoms with E-state index < -0.39 is 0 Å². The molecule has 1 saturated carbocycles. The van der Waals surface area contributed by atoms with Crippen molar-refractivity contribution in [3.8, 4) is 6.07 Å². The van der Waals surface area contributed by atoms with Crippen molar-refractivity contribution in [3.05, 3.63) is 0 Å². The zero-order valence-corrected chi connectivity index (χ0v) is 5.50. The zero-order chi connectivity index (χ0) is 7.56. The lowest BCUT2D eigenvalue weighted by Crippen LogP contribution is -2.43. The van der Waals surface area contributed by atoms with Gasteiger partial charge in [-0.1, -0.05) is 0 Å². The fourth-order valence-corrected chi connectivity index (χ4v) is 1.08. The highest BCUT2D eigenvalue weighted by atomic mass is 16.2. The smallest absolute Gasteiger partial charge is 0.238 e. The van der Waals surface area contributed by atoms with Crippen LogP contribution in [-0.2, 0) is 4.79 Å². The Morgan fingerprint density at radius 1 is 1.70 bits per heavy atom. The lowest BCUT2D eigenvalue weighted by Gasteiger charge is -2.28. The molecule has 10 heavy (non-hydrogen) atoms. The average molecular weight is 139 g/mol. The number of hydrazine groups is 1. The molecule has 2 atom stereocenters. The Kier molecular flexibility index (Phi) is 1.88. The van der Waals surface area contributed by atoms with Gasteiger partial charge in [-0.15, -0.1) is 0 Å². The van der Waals surface area contributed by atoms with E-state index in [1.54, 1.807) is 0 Å². The second-order valence-corrected chi connectivity index (χ2v) is 2.43. The number of hydrogen-bond acceptors (Lipinski definition) is 3. The van der Waals surface area contributed by atoms with Crippen molar-refractivity contribution < 1.29 is 4.79 Å². The minimum Gasteiger partial charge on any atom is -0.294 e. The molecule has 0 bridgehead atoms. The van der Waals surface area contributed by atoms with E-state index in [0.29, 0.717) is 0 Å². The van der Waals surface area contributed by atoms with Crippen molar-refractivity contribution in [2.75, 3.05) is 0 Å². The van der Waals surface area contributed by atoms with Gasteiger partial charge in [0.15, 0.2) is 0 Å². The van der Waals surface area contributed by atoms with Gasteiger partial charge in [-0.05, 0) is 12.8 Å². The molecule has 1 amide bonds. The normalized spacial score (nSPS) is 30.0. The van der Waals surface area contributed by atoms with E-state index in [-0.39, 0.29) is 17.7 Å². The summed E-state index contributed by atoms with van der Waals surface area (Å²) in [5, 5.41) is 8.43. The van der Waals surface area contributed by atoms with Crippen LogP contribution in [0.4, 0.5) is 0 Å². The van der Waals surface area contributed by atoms with Gasteiger partial charge in [0.2, 0.25) is 5.91 Å². The molecular formula is C6H9N3O. The molecule has 0 aromatic carbocycles. The monoisotopic (exact) mass is 139 g/mol. The van der Waals surface area contributed by atoms with Crippen LogP contribution in [0.3, 0.4) is 0 Å². The number of nitrogens with zero attached hydrogens (tertiary/aromatic N) is 1. The van der Waals surface area contributed by atoms with E-state index in [1.165, 1.54) is 0 Å². The molecule has 1 aliphatic carbocycles. The molecule has 0 spiro atoms. The third-order valence-electron chi connectivity index (χ3n) is 1.92. The summed E-state index contributed by atoms with van der Waals surface area (Å²) < 4.78 is 0. The number of hydrogen-bond donors (Lipinski definition) is 2. The second kappa shape index (κ2) is 2.67. The average Bonchev–Trinajstić information content (AvgIpc) is 1.86. The summed E-state index contributed by atoms with van der Waals surface area (Å²) in [6, 6.07) is 2.05. The van der Waals surface area contributed by atoms with Gasteiger partial charge in [0, 0.05) is 0 Å². The molecule has 0 heterocycles. The summed E-state index contributed by atoms with van der Waals surface area (Å²) in [7, 11) is 0. The molecule has 0 radical (unpaired) electrons. The highest BCUT2D eigenvalue weighted by Crippen LogP contribution is 2.33. The summed E-state index contributed by atoms with van der Waals surface area (Å²) in [6.45, 7) is 0. The zero-order valence-electron chi connectivity index (χ0n) is 5.50. The Hall–Kier alpha value is -1.08. The molecule has 1 aliphatic rings. The van der Waals surface area contributed by atoms with E-state index in [1.807, 2.05) is 5.43 Å². The van der Waals surface area contributed by atoms with Crippen molar-refractivity contribution in [3.63, 3.8) is 0 Å². The first-order valence-corrected chi connectivity index (χ1v) is 3.19. The molecule has 0 unspecified atom stereocenters. The van der Waals surface area contributed by atoms with Crippen LogP contribution in [0.15, 0.2) is 0 Å². The number of carbonyl (C=O) groups is 1. The largest absolute Gasteiger partial charge is 0.294 e. The first kappa shape index (κ1) is 7.03. The van der Waals surface area contributed by atoms with Crippen LogP contribution >= 0.6 is 0 Å². The van der Waals surface area contributed by atoms with Crippen LogP contribution in [0, 0.1) is 23.2 Å². The summed E-state index contributed by atoms with van der Waals surface area (Å²) in [4.78, 5) is 10.8. The topological polar surface area (TPSA) is 78.9 Å². The number of amides is 1. The van der Waals surface area contributed by atoms with Crippen LogP contribution in [0.5, 0.6) is 0 Å². The third-order valence-corrected chi connectivity index (χ3v) is 1.92. The minimum absolute atomic E-state index is 0.108. The summed E-state index contributed by atoms with van der Waals surface area (Å²) >= 11 is 0. The fraction of sp³-hybridized carbons (Fsp3) is 0.667. The van der Waals surface area contributed by atoms with Gasteiger partial charge in [-0.2, -0.15) is 5.26 Å². The maximum atomic E-state index is 10.8. The number of nitrogens with two attached hydrogens (primary N) is 1. The Balaban J connectivity index is 2.44. The molecule has 1 rings (SSSR count). The quantitative estimate of drug-likeness (QED) is 0.293. The molecule has 1 fully saturated rings. The van der Waals surface area contributed by atoms with Gasteiger partial charge in [-0.3, -0.25) is 10.2 Å². The number of rotatable bonds is 1. The highest BCUT2D eigenvalue weighted by Gasteiger charge is 2.36. The van der Waals surface area contributed by atoms with Crippen molar-refractivity contribution in [2.24, 2.45) is 17.7 Å². The first-order valence-electron chi connectivity index (χ1n) is 3.19. The molecule has 0 aliphatic heterocycles. The van der Waals surface area contributed by atoms with Crippen molar-refractivity contribution in [2.45, 2.75) is 12.8 Å². The minimum atomic E-state index is -0.210. The van der Waals surface area contributed by atoms with Crippen LogP contribution in [-0.4, -0.2) is 5.91 Å². The van der Waals surface area contributed by atoms with Gasteiger partial charge < -0.3 is 0 Å². The Labute approximate surface area is 59.0 Å². The molecule has 0 aromatic heterocycles. The molecule has 0 saturated heterocycles. The Morgan fingerprint density at radius 3 is 2.70 bits per heavy atom. The fourth-order valence-electron chi connectivity index (χ4n) is 1.08. The predicted molar refractivity (Wildman–Crippen MR) is 34.2 cm³/mol. The third kappa shape index (κ3) is 0.957. The molecule has 54 valence electrons. The standard InChI is InChI=1S/C6H9N3O/c7-3-4-1-2-5(4)6(10)9-8/h4-5H,1-2,8H2,(H,9,10)/t4-,5-/m1/s1. The molecule has 3 N–H and O–H groups in total. The predicted octanol–water partition coefficient (Wildman–Crippen LogP) is -0.474. The molecule has 4 nitrogen and oxygen atoms in total. The van der Waals surface area contributed by atoms with Gasteiger partial charge in [0.1, 0.15) is 0 Å². The van der Waals surface area contributed by atoms with Gasteiger partial charge in [0.25, 0.3) is 0 Å². The maximum absolute atomic E-state index is 10.8. The van der Waals surface area contributed by atoms with Gasteiger partial charge >= 0.3 is 0 Å². The van der Waals surface area contributed by atoms with Gasteiger partial charge in [-0.25, -0.2) is 5.84 Å². The van der Waals surface area contributed by atoms with Crippen molar-refractivity contribution in [1.82, 2.24) is 5.43 Å². The van der Waals surface area contributed by atoms with E-state index in [4.69, 9.17) is 11.1 Å². The van der Waals surface area contributed by atoms with E-state index in [0.717, 1.165) is 12.8 Å². The van der Waals surface area contributed by atoms with Crippen LogP contribution < -0.4 is 11.3 Å².